The number of rotatable bonds is 12. The molecule has 0 bridgehead atoms. The van der Waals surface area contributed by atoms with E-state index in [1.54, 1.807) is 36.4 Å². The van der Waals surface area contributed by atoms with Gasteiger partial charge in [-0.3, -0.25) is 0 Å². The Balaban J connectivity index is 2.65. The van der Waals surface area contributed by atoms with Gasteiger partial charge in [0.1, 0.15) is 6.61 Å². The fourth-order valence-corrected chi connectivity index (χ4v) is 3.62. The zero-order valence-electron chi connectivity index (χ0n) is 19.6. The maximum atomic E-state index is 13.5. The van der Waals surface area contributed by atoms with Crippen LogP contribution in [-0.4, -0.2) is 70.7 Å². The summed E-state index contributed by atoms with van der Waals surface area (Å²) in [5.74, 6) is 0.288. The van der Waals surface area contributed by atoms with E-state index in [2.05, 4.69) is 4.90 Å². The highest BCUT2D eigenvalue weighted by atomic mass is 16.6. The molecule has 0 amide bonds. The summed E-state index contributed by atoms with van der Waals surface area (Å²) in [6.45, 7) is 6.37. The minimum Gasteiger partial charge on any atom is -0.493 e. The zero-order chi connectivity index (χ0) is 23.7. The summed E-state index contributed by atoms with van der Waals surface area (Å²) in [4.78, 5) is 15.6. The van der Waals surface area contributed by atoms with Gasteiger partial charge in [-0.1, -0.05) is 38.1 Å². The summed E-state index contributed by atoms with van der Waals surface area (Å²) in [5, 5.41) is 12.0. The number of para-hydroxylation sites is 2. The molecule has 2 rings (SSSR count). The first-order chi connectivity index (χ1) is 15.4. The van der Waals surface area contributed by atoms with Crippen LogP contribution in [0, 0.1) is 0 Å². The SMILES string of the molecule is CCN(CC)CCOC(=O)C(O)(c1cccc(OC)c1OC)c1cccc(OC)c1OC. The third-order valence-electron chi connectivity index (χ3n) is 5.42. The van der Waals surface area contributed by atoms with Crippen molar-refractivity contribution in [1.29, 1.82) is 0 Å². The number of carbonyl (C=O) groups is 1. The molecule has 0 aliphatic rings. The summed E-state index contributed by atoms with van der Waals surface area (Å²) in [5.41, 5.74) is -1.92. The molecule has 2 aromatic carbocycles. The second-order valence-electron chi connectivity index (χ2n) is 6.96. The Labute approximate surface area is 189 Å². The third kappa shape index (κ3) is 4.92. The number of ether oxygens (including phenoxy) is 5. The molecule has 0 unspecified atom stereocenters. The highest BCUT2D eigenvalue weighted by Gasteiger charge is 2.47. The molecular weight excluding hydrogens is 414 g/mol. The predicted molar refractivity (Wildman–Crippen MR) is 121 cm³/mol. The first-order valence-corrected chi connectivity index (χ1v) is 10.5. The molecule has 0 heterocycles. The number of benzene rings is 2. The fraction of sp³-hybridized carbons (Fsp3) is 0.458. The van der Waals surface area contributed by atoms with Gasteiger partial charge in [-0.05, 0) is 25.2 Å². The van der Waals surface area contributed by atoms with Gasteiger partial charge in [-0.25, -0.2) is 4.79 Å². The van der Waals surface area contributed by atoms with Gasteiger partial charge in [0, 0.05) is 17.7 Å². The lowest BCUT2D eigenvalue weighted by Crippen LogP contribution is -2.40. The summed E-state index contributed by atoms with van der Waals surface area (Å²) >= 11 is 0. The molecule has 0 aliphatic carbocycles. The van der Waals surface area contributed by atoms with Crippen LogP contribution >= 0.6 is 0 Å². The Bertz CT molecular complexity index is 840. The van der Waals surface area contributed by atoms with Crippen molar-refractivity contribution in [3.63, 3.8) is 0 Å². The molecule has 0 saturated carbocycles. The number of likely N-dealkylation sites (N-methyl/N-ethyl adjacent to an activating group) is 1. The van der Waals surface area contributed by atoms with Crippen LogP contribution in [0.2, 0.25) is 0 Å². The number of carbonyl (C=O) groups excluding carboxylic acids is 1. The number of esters is 1. The van der Waals surface area contributed by atoms with E-state index in [-0.39, 0.29) is 29.2 Å². The average molecular weight is 448 g/mol. The van der Waals surface area contributed by atoms with Crippen LogP contribution in [0.3, 0.4) is 0 Å². The van der Waals surface area contributed by atoms with Gasteiger partial charge < -0.3 is 33.7 Å². The van der Waals surface area contributed by atoms with Crippen LogP contribution < -0.4 is 18.9 Å². The first kappa shape index (κ1) is 25.3. The van der Waals surface area contributed by atoms with Crippen molar-refractivity contribution in [1.82, 2.24) is 4.90 Å². The van der Waals surface area contributed by atoms with Gasteiger partial charge in [0.25, 0.3) is 0 Å². The lowest BCUT2D eigenvalue weighted by Gasteiger charge is -2.31. The average Bonchev–Trinajstić information content (AvgIpc) is 2.84. The van der Waals surface area contributed by atoms with Gasteiger partial charge in [0.15, 0.2) is 23.0 Å². The van der Waals surface area contributed by atoms with E-state index in [0.29, 0.717) is 18.0 Å². The van der Waals surface area contributed by atoms with Gasteiger partial charge in [-0.2, -0.15) is 0 Å². The maximum absolute atomic E-state index is 13.5. The largest absolute Gasteiger partial charge is 0.493 e. The van der Waals surface area contributed by atoms with Gasteiger partial charge in [-0.15, -0.1) is 0 Å². The van der Waals surface area contributed by atoms with Crippen molar-refractivity contribution in [3.8, 4) is 23.0 Å². The van der Waals surface area contributed by atoms with Gasteiger partial charge in [0.05, 0.1) is 28.4 Å². The first-order valence-electron chi connectivity index (χ1n) is 10.5. The zero-order valence-corrected chi connectivity index (χ0v) is 19.6. The molecule has 0 saturated heterocycles. The van der Waals surface area contributed by atoms with Gasteiger partial charge >= 0.3 is 5.97 Å². The minimum atomic E-state index is -2.25. The number of methoxy groups -OCH3 is 4. The van der Waals surface area contributed by atoms with E-state index in [0.717, 1.165) is 13.1 Å². The van der Waals surface area contributed by atoms with Crippen molar-refractivity contribution in [2.45, 2.75) is 19.4 Å². The molecule has 176 valence electrons. The van der Waals surface area contributed by atoms with Crippen LogP contribution in [0.5, 0.6) is 23.0 Å². The van der Waals surface area contributed by atoms with E-state index in [9.17, 15) is 9.90 Å². The second kappa shape index (κ2) is 11.6. The lowest BCUT2D eigenvalue weighted by molar-refractivity contribution is -0.162. The molecular formula is C24H33NO7. The Morgan fingerprint density at radius 3 is 1.69 bits per heavy atom. The molecule has 8 nitrogen and oxygen atoms in total. The molecule has 0 atom stereocenters. The highest BCUT2D eigenvalue weighted by molar-refractivity contribution is 5.88. The number of hydrogen-bond donors (Lipinski definition) is 1. The van der Waals surface area contributed by atoms with E-state index >= 15 is 0 Å². The molecule has 1 N–H and O–H groups in total. The summed E-state index contributed by atoms with van der Waals surface area (Å²) in [7, 11) is 5.84. The summed E-state index contributed by atoms with van der Waals surface area (Å²) in [6, 6.07) is 9.86. The summed E-state index contributed by atoms with van der Waals surface area (Å²) in [6.07, 6.45) is 0. The normalized spacial score (nSPS) is 11.2. The van der Waals surface area contributed by atoms with Crippen LogP contribution in [0.25, 0.3) is 0 Å². The minimum absolute atomic E-state index is 0.112. The molecule has 32 heavy (non-hydrogen) atoms. The van der Waals surface area contributed by atoms with E-state index < -0.39 is 11.6 Å². The third-order valence-corrected chi connectivity index (χ3v) is 5.42. The second-order valence-corrected chi connectivity index (χ2v) is 6.96. The monoisotopic (exact) mass is 447 g/mol. The van der Waals surface area contributed by atoms with E-state index in [4.69, 9.17) is 23.7 Å². The van der Waals surface area contributed by atoms with Crippen molar-refractivity contribution in [2.24, 2.45) is 0 Å². The van der Waals surface area contributed by atoms with Gasteiger partial charge in [0.2, 0.25) is 5.60 Å². The Hall–Kier alpha value is -2.97. The molecule has 0 aliphatic heterocycles. The molecule has 0 fully saturated rings. The number of aliphatic hydroxyl groups is 1. The Morgan fingerprint density at radius 2 is 1.31 bits per heavy atom. The molecule has 0 radical (unpaired) electrons. The molecule has 0 aromatic heterocycles. The number of nitrogens with zero attached hydrogens (tertiary/aromatic N) is 1. The molecule has 2 aromatic rings. The maximum Gasteiger partial charge on any atom is 0.348 e. The van der Waals surface area contributed by atoms with Crippen molar-refractivity contribution < 1.29 is 33.6 Å². The van der Waals surface area contributed by atoms with Crippen LogP contribution in [-0.2, 0) is 15.1 Å². The Morgan fingerprint density at radius 1 is 0.844 bits per heavy atom. The molecule has 8 heteroatoms. The quantitative estimate of drug-likeness (QED) is 0.497. The van der Waals surface area contributed by atoms with E-state index in [1.807, 2.05) is 13.8 Å². The summed E-state index contributed by atoms with van der Waals surface area (Å²) < 4.78 is 27.4. The lowest BCUT2D eigenvalue weighted by atomic mass is 9.84. The van der Waals surface area contributed by atoms with Crippen LogP contribution in [0.1, 0.15) is 25.0 Å². The Kier molecular flexibility index (Phi) is 9.16. The smallest absolute Gasteiger partial charge is 0.348 e. The van der Waals surface area contributed by atoms with E-state index in [1.165, 1.54) is 28.4 Å². The van der Waals surface area contributed by atoms with Crippen LogP contribution in [0.4, 0.5) is 0 Å². The highest BCUT2D eigenvalue weighted by Crippen LogP contribution is 2.46. The van der Waals surface area contributed by atoms with Crippen molar-refractivity contribution >= 4 is 5.97 Å². The van der Waals surface area contributed by atoms with Crippen molar-refractivity contribution in [3.05, 3.63) is 47.5 Å². The van der Waals surface area contributed by atoms with Crippen molar-refractivity contribution in [2.75, 3.05) is 54.7 Å². The fourth-order valence-electron chi connectivity index (χ4n) is 3.62. The number of hydrogen-bond acceptors (Lipinski definition) is 8. The van der Waals surface area contributed by atoms with Crippen LogP contribution in [0.15, 0.2) is 36.4 Å². The topological polar surface area (TPSA) is 86.7 Å². The predicted octanol–water partition coefficient (Wildman–Crippen LogP) is 2.84. The standard InChI is InChI=1S/C24H33NO7/c1-7-25(8-2)15-16-32-23(26)24(27,17-11-9-13-19(28-3)21(17)30-5)18-12-10-14-20(29-4)22(18)31-6/h9-14,27H,7-8,15-16H2,1-6H3. The molecule has 0 spiro atoms.